The standard InChI is InChI=1S/C12H26NO4P.C8H16BrNO.C6H15O3P/c1-7-16-18(15,17-8-2)9-12(14)13(10(3)4)11(5)6;1-6(2)10(7(3)4)8(11)5-9;1-4-7-10(8-5-2)9-6-3/h10-11H,7-9H2,1-6H3;6-7H,5H2,1-4H3;4-6H2,1-3H3. The van der Waals surface area contributed by atoms with Crippen LogP contribution in [0.15, 0.2) is 0 Å². The number of rotatable bonds is 17. The molecule has 0 saturated heterocycles. The molecule has 0 bridgehead atoms. The van der Waals surface area contributed by atoms with Gasteiger partial charge < -0.3 is 32.4 Å². The van der Waals surface area contributed by atoms with Gasteiger partial charge in [0.25, 0.3) is 0 Å². The molecule has 0 unspecified atom stereocenters. The predicted molar refractivity (Wildman–Crippen MR) is 166 cm³/mol. The van der Waals surface area contributed by atoms with Crippen LogP contribution in [-0.4, -0.2) is 90.3 Å². The quantitative estimate of drug-likeness (QED) is 0.118. The Labute approximate surface area is 248 Å². The van der Waals surface area contributed by atoms with E-state index in [9.17, 15) is 14.2 Å². The highest BCUT2D eigenvalue weighted by molar-refractivity contribution is 9.09. The van der Waals surface area contributed by atoms with Crippen molar-refractivity contribution in [1.82, 2.24) is 9.80 Å². The zero-order valence-electron chi connectivity index (χ0n) is 26.7. The van der Waals surface area contributed by atoms with Crippen LogP contribution in [0.1, 0.15) is 90.0 Å². The van der Waals surface area contributed by atoms with E-state index in [0.29, 0.717) is 37.2 Å². The Balaban J connectivity index is -0.000000532. The molecule has 0 N–H and O–H groups in total. The number of alkyl halides is 1. The third-order valence-corrected chi connectivity index (χ3v) is 8.45. The second-order valence-electron chi connectivity index (χ2n) is 9.19. The van der Waals surface area contributed by atoms with Crippen molar-refractivity contribution in [3.05, 3.63) is 0 Å². The van der Waals surface area contributed by atoms with E-state index in [1.165, 1.54) is 0 Å². The van der Waals surface area contributed by atoms with Crippen molar-refractivity contribution in [3.8, 4) is 0 Å². The number of hydrogen-bond acceptors (Lipinski definition) is 8. The maximum Gasteiger partial charge on any atom is 0.340 e. The van der Waals surface area contributed by atoms with Gasteiger partial charge in [-0.1, -0.05) is 15.9 Å². The van der Waals surface area contributed by atoms with Gasteiger partial charge in [-0.05, 0) is 90.0 Å². The van der Waals surface area contributed by atoms with Gasteiger partial charge in [0.15, 0.2) is 0 Å². The summed E-state index contributed by atoms with van der Waals surface area (Å²) in [5.41, 5.74) is 0. The van der Waals surface area contributed by atoms with E-state index in [1.54, 1.807) is 18.7 Å². The third kappa shape index (κ3) is 21.3. The molecule has 0 aromatic rings. The smallest absolute Gasteiger partial charge is 0.337 e. The molecule has 0 fully saturated rings. The fourth-order valence-corrected chi connectivity index (χ4v) is 6.29. The van der Waals surface area contributed by atoms with Gasteiger partial charge >= 0.3 is 16.2 Å². The van der Waals surface area contributed by atoms with Gasteiger partial charge in [0, 0.05) is 24.2 Å². The normalized spacial score (nSPS) is 11.5. The van der Waals surface area contributed by atoms with E-state index in [1.807, 2.05) is 81.1 Å². The van der Waals surface area contributed by atoms with Gasteiger partial charge in [0.05, 0.1) is 38.4 Å². The van der Waals surface area contributed by atoms with Crippen molar-refractivity contribution in [3.63, 3.8) is 0 Å². The lowest BCUT2D eigenvalue weighted by Crippen LogP contribution is -2.43. The van der Waals surface area contributed by atoms with Crippen LogP contribution in [0.3, 0.4) is 0 Å². The topological polar surface area (TPSA) is 104 Å². The second kappa shape index (κ2) is 25.6. The minimum absolute atomic E-state index is 0.0641. The summed E-state index contributed by atoms with van der Waals surface area (Å²) < 4.78 is 38.0. The van der Waals surface area contributed by atoms with E-state index < -0.39 is 16.2 Å². The molecule has 39 heavy (non-hydrogen) atoms. The van der Waals surface area contributed by atoms with Crippen molar-refractivity contribution in [2.45, 2.75) is 114 Å². The van der Waals surface area contributed by atoms with E-state index >= 15 is 0 Å². The Morgan fingerprint density at radius 1 is 0.641 bits per heavy atom. The van der Waals surface area contributed by atoms with Crippen molar-refractivity contribution < 1.29 is 36.8 Å². The molecule has 0 aromatic carbocycles. The molecule has 0 heterocycles. The SMILES string of the molecule is CC(C)N(C(=O)CBr)C(C)C.CCOP(=O)(CC(=O)N(C(C)C)C(C)C)OCC.CCOP(OCC)OCC. The first-order chi connectivity index (χ1) is 18.1. The molecule has 0 spiro atoms. The van der Waals surface area contributed by atoms with E-state index in [4.69, 9.17) is 22.6 Å². The highest BCUT2D eigenvalue weighted by Gasteiger charge is 2.32. The van der Waals surface area contributed by atoms with Gasteiger partial charge in [-0.25, -0.2) is 0 Å². The molecule has 0 saturated carbocycles. The molecule has 0 atom stereocenters. The van der Waals surface area contributed by atoms with Crippen molar-refractivity contribution >= 4 is 43.9 Å². The van der Waals surface area contributed by atoms with E-state index in [0.717, 1.165) is 0 Å². The lowest BCUT2D eigenvalue weighted by atomic mass is 10.2. The first-order valence-electron chi connectivity index (χ1n) is 13.9. The lowest BCUT2D eigenvalue weighted by molar-refractivity contribution is -0.132. The number of hydrogen-bond donors (Lipinski definition) is 0. The Hall–Kier alpha value is -0.120. The molecule has 0 radical (unpaired) electrons. The Morgan fingerprint density at radius 3 is 1.15 bits per heavy atom. The van der Waals surface area contributed by atoms with Crippen LogP contribution in [0.5, 0.6) is 0 Å². The lowest BCUT2D eigenvalue weighted by Gasteiger charge is -2.31. The van der Waals surface area contributed by atoms with Gasteiger partial charge in [-0.3, -0.25) is 14.2 Å². The van der Waals surface area contributed by atoms with Crippen LogP contribution >= 0.6 is 32.1 Å². The average Bonchev–Trinajstić information content (AvgIpc) is 2.79. The van der Waals surface area contributed by atoms with E-state index in [2.05, 4.69) is 15.9 Å². The highest BCUT2D eigenvalue weighted by Crippen LogP contribution is 2.48. The third-order valence-electron chi connectivity index (χ3n) is 4.60. The van der Waals surface area contributed by atoms with Crippen LogP contribution in [0.25, 0.3) is 0 Å². The zero-order valence-corrected chi connectivity index (χ0v) is 30.1. The largest absolute Gasteiger partial charge is 0.340 e. The molecule has 0 aliphatic heterocycles. The van der Waals surface area contributed by atoms with Gasteiger partial charge in [0.2, 0.25) is 11.8 Å². The maximum absolute atomic E-state index is 12.3. The Morgan fingerprint density at radius 2 is 0.949 bits per heavy atom. The van der Waals surface area contributed by atoms with Crippen LogP contribution in [-0.2, 0) is 36.8 Å². The average molecular weight is 668 g/mol. The maximum atomic E-state index is 12.3. The molecular weight excluding hydrogens is 610 g/mol. The summed E-state index contributed by atoms with van der Waals surface area (Å²) in [6.07, 6.45) is -0.189. The van der Waals surface area contributed by atoms with Crippen LogP contribution in [0.2, 0.25) is 0 Å². The van der Waals surface area contributed by atoms with Crippen LogP contribution in [0, 0.1) is 0 Å². The zero-order chi connectivity index (χ0) is 31.2. The summed E-state index contributed by atoms with van der Waals surface area (Å²) >= 11 is 3.16. The predicted octanol–water partition coefficient (Wildman–Crippen LogP) is 7.25. The molecule has 0 aliphatic rings. The van der Waals surface area contributed by atoms with Gasteiger partial charge in [-0.2, -0.15) is 0 Å². The summed E-state index contributed by atoms with van der Waals surface area (Å²) in [7, 11) is -4.36. The van der Waals surface area contributed by atoms with Crippen LogP contribution < -0.4 is 0 Å². The molecule has 0 aliphatic carbocycles. The molecular formula is C26H57BrN2O8P2. The summed E-state index contributed by atoms with van der Waals surface area (Å²) in [5.74, 6) is -0.0276. The minimum Gasteiger partial charge on any atom is -0.337 e. The molecule has 0 rings (SSSR count). The monoisotopic (exact) mass is 666 g/mol. The summed E-state index contributed by atoms with van der Waals surface area (Å²) in [5, 5.41) is 0.420. The second-order valence-corrected chi connectivity index (χ2v) is 13.0. The Kier molecular flexibility index (Phi) is 28.4. The van der Waals surface area contributed by atoms with E-state index in [-0.39, 0.29) is 43.3 Å². The first kappa shape index (κ1) is 43.3. The fourth-order valence-electron chi connectivity index (χ4n) is 3.61. The molecule has 2 amide bonds. The Bertz CT molecular complexity index is 630. The molecule has 10 nitrogen and oxygen atoms in total. The summed E-state index contributed by atoms with van der Waals surface area (Å²) in [6, 6.07) is 0.712. The van der Waals surface area contributed by atoms with Crippen LogP contribution in [0.4, 0.5) is 0 Å². The van der Waals surface area contributed by atoms with Crippen molar-refractivity contribution in [2.75, 3.05) is 44.5 Å². The number of amides is 2. The number of carbonyl (C=O) groups is 2. The summed E-state index contributed by atoms with van der Waals surface area (Å²) in [6.45, 7) is 27.6. The number of nitrogens with zero attached hydrogens (tertiary/aromatic N) is 2. The summed E-state index contributed by atoms with van der Waals surface area (Å²) in [4.78, 5) is 27.0. The fraction of sp³-hybridized carbons (Fsp3) is 0.923. The van der Waals surface area contributed by atoms with Gasteiger partial charge in [0.1, 0.15) is 6.16 Å². The first-order valence-corrected chi connectivity index (χ1v) is 17.8. The van der Waals surface area contributed by atoms with Crippen molar-refractivity contribution in [2.24, 2.45) is 0 Å². The minimum atomic E-state index is -3.30. The van der Waals surface area contributed by atoms with Gasteiger partial charge in [-0.15, -0.1) is 0 Å². The number of carbonyl (C=O) groups excluding carboxylic acids is 2. The molecule has 13 heteroatoms. The highest BCUT2D eigenvalue weighted by atomic mass is 79.9. The molecule has 236 valence electrons. The van der Waals surface area contributed by atoms with Crippen molar-refractivity contribution in [1.29, 1.82) is 0 Å². The molecule has 0 aromatic heterocycles. The number of halogens is 1.